The maximum atomic E-state index is 13.4. The number of aromatic nitrogens is 1. The summed E-state index contributed by atoms with van der Waals surface area (Å²) in [6.45, 7) is 8.69. The van der Waals surface area contributed by atoms with Crippen LogP contribution in [-0.2, 0) is 27.5 Å². The van der Waals surface area contributed by atoms with Crippen molar-refractivity contribution < 1.29 is 30.8 Å². The van der Waals surface area contributed by atoms with Gasteiger partial charge in [0.1, 0.15) is 17.7 Å². The number of carbonyl (C=O) groups is 1. The number of pyridine rings is 1. The standard InChI is InChI=1S/C32H37F4N5O3S/c1-22(2)21-39-14-16-40(17-15-39)30-19-23(18-28(38-30)24-5-7-25(8-6-24)32(34,35)36)20-37-31(42)29-4-3-13-41(29)45(43,44)27-11-9-26(33)10-12-27/h5-12,18-19,22,29H,3-4,13-17,20-21H2,1-2H3,(H,37,42). The average Bonchev–Trinajstić information content (AvgIpc) is 3.51. The van der Waals surface area contributed by atoms with Crippen molar-refractivity contribution in [3.05, 3.63) is 77.6 Å². The first-order valence-electron chi connectivity index (χ1n) is 15.0. The van der Waals surface area contributed by atoms with Crippen molar-refractivity contribution in [1.29, 1.82) is 0 Å². The van der Waals surface area contributed by atoms with Crippen LogP contribution in [0.25, 0.3) is 11.3 Å². The summed E-state index contributed by atoms with van der Waals surface area (Å²) in [6, 6.07) is 12.0. The van der Waals surface area contributed by atoms with Crippen LogP contribution in [0.5, 0.6) is 0 Å². The zero-order valence-electron chi connectivity index (χ0n) is 25.2. The largest absolute Gasteiger partial charge is 0.416 e. The quantitative estimate of drug-likeness (QED) is 0.324. The molecule has 0 bridgehead atoms. The van der Waals surface area contributed by atoms with Crippen LogP contribution in [0.15, 0.2) is 65.6 Å². The molecule has 1 N–H and O–H groups in total. The van der Waals surface area contributed by atoms with Gasteiger partial charge in [0.25, 0.3) is 0 Å². The lowest BCUT2D eigenvalue weighted by Crippen LogP contribution is -2.47. The van der Waals surface area contributed by atoms with Crippen molar-refractivity contribution in [2.45, 2.75) is 50.3 Å². The second-order valence-electron chi connectivity index (χ2n) is 11.9. The number of alkyl halides is 3. The number of nitrogens with one attached hydrogen (secondary N) is 1. The van der Waals surface area contributed by atoms with Crippen molar-refractivity contribution in [2.24, 2.45) is 5.92 Å². The zero-order valence-corrected chi connectivity index (χ0v) is 26.0. The molecule has 0 spiro atoms. The summed E-state index contributed by atoms with van der Waals surface area (Å²) in [5, 5.41) is 2.86. The smallest absolute Gasteiger partial charge is 0.354 e. The second-order valence-corrected chi connectivity index (χ2v) is 13.8. The lowest BCUT2D eigenvalue weighted by Gasteiger charge is -2.36. The molecule has 8 nitrogen and oxygen atoms in total. The van der Waals surface area contributed by atoms with E-state index in [0.717, 1.165) is 61.3 Å². The Kier molecular flexibility index (Phi) is 9.80. The third-order valence-electron chi connectivity index (χ3n) is 8.09. The molecule has 1 unspecified atom stereocenters. The van der Waals surface area contributed by atoms with Gasteiger partial charge in [-0.3, -0.25) is 9.69 Å². The van der Waals surface area contributed by atoms with Gasteiger partial charge in [0.05, 0.1) is 16.2 Å². The molecule has 0 radical (unpaired) electrons. The van der Waals surface area contributed by atoms with Gasteiger partial charge in [-0.25, -0.2) is 17.8 Å². The van der Waals surface area contributed by atoms with Crippen molar-refractivity contribution >= 4 is 21.7 Å². The number of hydrogen-bond donors (Lipinski definition) is 1. The van der Waals surface area contributed by atoms with E-state index in [2.05, 4.69) is 29.0 Å². The minimum atomic E-state index is -4.46. The Morgan fingerprint density at radius 2 is 1.64 bits per heavy atom. The van der Waals surface area contributed by atoms with Crippen LogP contribution in [0.3, 0.4) is 0 Å². The van der Waals surface area contributed by atoms with Crippen molar-refractivity contribution in [3.63, 3.8) is 0 Å². The van der Waals surface area contributed by atoms with E-state index >= 15 is 0 Å². The van der Waals surface area contributed by atoms with Crippen LogP contribution in [0, 0.1) is 11.7 Å². The fourth-order valence-electron chi connectivity index (χ4n) is 5.83. The van der Waals surface area contributed by atoms with E-state index in [9.17, 15) is 30.8 Å². The number of rotatable bonds is 9. The third kappa shape index (κ3) is 7.82. The SMILES string of the molecule is CC(C)CN1CCN(c2cc(CNC(=O)C3CCCN3S(=O)(=O)c3ccc(F)cc3)cc(-c3ccc(C(F)(F)F)cc3)n2)CC1. The highest BCUT2D eigenvalue weighted by Crippen LogP contribution is 2.32. The van der Waals surface area contributed by atoms with Gasteiger partial charge >= 0.3 is 6.18 Å². The molecule has 0 aliphatic carbocycles. The number of hydrogen-bond acceptors (Lipinski definition) is 6. The first kappa shape index (κ1) is 32.8. The predicted molar refractivity (Wildman–Crippen MR) is 163 cm³/mol. The second kappa shape index (κ2) is 13.4. The third-order valence-corrected chi connectivity index (χ3v) is 10.0. The molecule has 1 atom stereocenters. The molecule has 3 heterocycles. The van der Waals surface area contributed by atoms with Gasteiger partial charge in [0, 0.05) is 51.4 Å². The number of amides is 1. The van der Waals surface area contributed by atoms with E-state index in [1.165, 1.54) is 24.3 Å². The molecular formula is C32H37F4N5O3S. The lowest BCUT2D eigenvalue weighted by molar-refractivity contribution is -0.137. The molecular weight excluding hydrogens is 610 g/mol. The highest BCUT2D eigenvalue weighted by molar-refractivity contribution is 7.89. The molecule has 2 saturated heterocycles. The molecule has 45 heavy (non-hydrogen) atoms. The van der Waals surface area contributed by atoms with Gasteiger partial charge in [0.2, 0.25) is 15.9 Å². The van der Waals surface area contributed by atoms with E-state index in [1.807, 2.05) is 6.07 Å². The maximum Gasteiger partial charge on any atom is 0.416 e. The summed E-state index contributed by atoms with van der Waals surface area (Å²) < 4.78 is 80.7. The van der Waals surface area contributed by atoms with Gasteiger partial charge < -0.3 is 10.2 Å². The fourth-order valence-corrected chi connectivity index (χ4v) is 7.48. The van der Waals surface area contributed by atoms with E-state index in [-0.39, 0.29) is 18.0 Å². The molecule has 1 aromatic heterocycles. The normalized spacial score (nSPS) is 18.5. The number of anilines is 1. The van der Waals surface area contributed by atoms with Gasteiger partial charge in [-0.05, 0) is 72.9 Å². The van der Waals surface area contributed by atoms with Gasteiger partial charge in [-0.15, -0.1) is 0 Å². The van der Waals surface area contributed by atoms with E-state index in [4.69, 9.17) is 4.98 Å². The van der Waals surface area contributed by atoms with E-state index in [1.54, 1.807) is 6.07 Å². The van der Waals surface area contributed by atoms with Crippen LogP contribution in [-0.4, -0.2) is 73.8 Å². The monoisotopic (exact) mass is 647 g/mol. The minimum Gasteiger partial charge on any atom is -0.354 e. The molecule has 1 amide bonds. The number of piperazine rings is 1. The van der Waals surface area contributed by atoms with E-state index < -0.39 is 39.5 Å². The molecule has 2 aliphatic rings. The molecule has 3 aromatic rings. The van der Waals surface area contributed by atoms with Crippen molar-refractivity contribution in [1.82, 2.24) is 19.5 Å². The minimum absolute atomic E-state index is 0.0657. The molecule has 0 saturated carbocycles. The Balaban J connectivity index is 1.36. The summed E-state index contributed by atoms with van der Waals surface area (Å²) in [5.41, 5.74) is 0.895. The summed E-state index contributed by atoms with van der Waals surface area (Å²) in [7, 11) is -4.02. The van der Waals surface area contributed by atoms with Gasteiger partial charge in [-0.1, -0.05) is 26.0 Å². The van der Waals surface area contributed by atoms with E-state index in [0.29, 0.717) is 41.4 Å². The number of sulfonamides is 1. The van der Waals surface area contributed by atoms with Crippen LogP contribution in [0.2, 0.25) is 0 Å². The Morgan fingerprint density at radius 1 is 0.978 bits per heavy atom. The maximum absolute atomic E-state index is 13.4. The summed E-state index contributed by atoms with van der Waals surface area (Å²) in [4.78, 5) is 22.6. The lowest BCUT2D eigenvalue weighted by atomic mass is 10.1. The molecule has 2 aromatic carbocycles. The Morgan fingerprint density at radius 3 is 2.27 bits per heavy atom. The number of nitrogens with zero attached hydrogens (tertiary/aromatic N) is 4. The molecule has 242 valence electrons. The van der Waals surface area contributed by atoms with Crippen molar-refractivity contribution in [2.75, 3.05) is 44.2 Å². The predicted octanol–water partition coefficient (Wildman–Crippen LogP) is 5.15. The molecule has 5 rings (SSSR count). The first-order valence-corrected chi connectivity index (χ1v) is 16.5. The molecule has 2 aliphatic heterocycles. The highest BCUT2D eigenvalue weighted by atomic mass is 32.2. The summed E-state index contributed by atoms with van der Waals surface area (Å²) >= 11 is 0. The molecule has 13 heteroatoms. The Labute approximate surface area is 261 Å². The summed E-state index contributed by atoms with van der Waals surface area (Å²) in [5.74, 6) is 0.168. The fraction of sp³-hybridized carbons (Fsp3) is 0.438. The average molecular weight is 648 g/mol. The Bertz CT molecular complexity index is 1590. The van der Waals surface area contributed by atoms with Crippen LogP contribution >= 0.6 is 0 Å². The van der Waals surface area contributed by atoms with Crippen molar-refractivity contribution in [3.8, 4) is 11.3 Å². The van der Waals surface area contributed by atoms with Crippen LogP contribution < -0.4 is 10.2 Å². The van der Waals surface area contributed by atoms with Gasteiger partial charge in [0.15, 0.2) is 0 Å². The topological polar surface area (TPSA) is 85.9 Å². The Hall–Kier alpha value is -3.55. The van der Waals surface area contributed by atoms with Crippen LogP contribution in [0.4, 0.5) is 23.4 Å². The zero-order chi connectivity index (χ0) is 32.4. The number of benzene rings is 2. The summed E-state index contributed by atoms with van der Waals surface area (Å²) in [6.07, 6.45) is -3.62. The first-order chi connectivity index (χ1) is 21.3. The highest BCUT2D eigenvalue weighted by Gasteiger charge is 2.39. The number of carbonyl (C=O) groups excluding carboxylic acids is 1. The number of halogens is 4. The molecule has 2 fully saturated rings. The van der Waals surface area contributed by atoms with Crippen LogP contribution in [0.1, 0.15) is 37.8 Å². The van der Waals surface area contributed by atoms with Gasteiger partial charge in [-0.2, -0.15) is 17.5 Å².